The lowest BCUT2D eigenvalue weighted by Crippen LogP contribution is -2.52. The molecule has 1 N–H and O–H groups in total. The predicted molar refractivity (Wildman–Crippen MR) is 86.6 cm³/mol. The standard InChI is InChI=1S/C15H17ClN2O2.ClH/c1-9-8-17-5-6-18(9)15(19)14-10(2)12-7-11(16)3-4-13(12)20-14;/h3-4,7,9,17H,5-6,8H2,1-2H3;1H/t9-;/m1./s1. The molecule has 0 bridgehead atoms. The molecule has 114 valence electrons. The highest BCUT2D eigenvalue weighted by Gasteiger charge is 2.28. The zero-order valence-electron chi connectivity index (χ0n) is 12.0. The van der Waals surface area contributed by atoms with E-state index in [-0.39, 0.29) is 24.4 Å². The minimum atomic E-state index is -0.0381. The Morgan fingerprint density at radius 1 is 1.48 bits per heavy atom. The van der Waals surface area contributed by atoms with E-state index in [1.807, 2.05) is 30.9 Å². The summed E-state index contributed by atoms with van der Waals surface area (Å²) in [5, 5.41) is 4.83. The average molecular weight is 329 g/mol. The van der Waals surface area contributed by atoms with E-state index in [4.69, 9.17) is 16.0 Å². The zero-order valence-corrected chi connectivity index (χ0v) is 13.6. The fraction of sp³-hybridized carbons (Fsp3) is 0.400. The first-order valence-electron chi connectivity index (χ1n) is 6.78. The maximum atomic E-state index is 12.7. The van der Waals surface area contributed by atoms with Gasteiger partial charge in [-0.15, -0.1) is 12.4 Å². The van der Waals surface area contributed by atoms with Gasteiger partial charge in [-0.05, 0) is 32.0 Å². The molecular formula is C15H18Cl2N2O2. The summed E-state index contributed by atoms with van der Waals surface area (Å²) < 4.78 is 5.75. The first kappa shape index (κ1) is 16.1. The van der Waals surface area contributed by atoms with Gasteiger partial charge in [0.25, 0.3) is 5.91 Å². The Morgan fingerprint density at radius 3 is 2.95 bits per heavy atom. The van der Waals surface area contributed by atoms with E-state index in [0.29, 0.717) is 22.9 Å². The van der Waals surface area contributed by atoms with Gasteiger partial charge in [0.05, 0.1) is 0 Å². The van der Waals surface area contributed by atoms with Crippen molar-refractivity contribution in [1.29, 1.82) is 0 Å². The summed E-state index contributed by atoms with van der Waals surface area (Å²) in [7, 11) is 0. The molecule has 1 aliphatic heterocycles. The lowest BCUT2D eigenvalue weighted by Gasteiger charge is -2.33. The number of hydrogen-bond acceptors (Lipinski definition) is 3. The van der Waals surface area contributed by atoms with Crippen LogP contribution in [0, 0.1) is 6.92 Å². The van der Waals surface area contributed by atoms with Gasteiger partial charge in [-0.1, -0.05) is 11.6 Å². The second-order valence-corrected chi connectivity index (χ2v) is 5.68. The maximum Gasteiger partial charge on any atom is 0.290 e. The van der Waals surface area contributed by atoms with Crippen molar-refractivity contribution in [2.75, 3.05) is 19.6 Å². The number of carbonyl (C=O) groups excluding carboxylic acids is 1. The number of nitrogens with zero attached hydrogens (tertiary/aromatic N) is 1. The summed E-state index contributed by atoms with van der Waals surface area (Å²) in [6.45, 7) is 6.29. The number of aryl methyl sites for hydroxylation is 1. The number of halogens is 2. The Hall–Kier alpha value is -1.23. The summed E-state index contributed by atoms with van der Waals surface area (Å²) in [5.74, 6) is 0.389. The van der Waals surface area contributed by atoms with Crippen molar-refractivity contribution in [1.82, 2.24) is 10.2 Å². The van der Waals surface area contributed by atoms with Crippen molar-refractivity contribution in [3.05, 3.63) is 34.5 Å². The molecule has 1 saturated heterocycles. The van der Waals surface area contributed by atoms with E-state index < -0.39 is 0 Å². The fourth-order valence-corrected chi connectivity index (χ4v) is 2.84. The predicted octanol–water partition coefficient (Wildman–Crippen LogP) is 3.25. The zero-order chi connectivity index (χ0) is 14.3. The Balaban J connectivity index is 0.00000161. The highest BCUT2D eigenvalue weighted by Crippen LogP contribution is 2.29. The molecule has 4 nitrogen and oxygen atoms in total. The molecule has 0 radical (unpaired) electrons. The van der Waals surface area contributed by atoms with E-state index in [1.165, 1.54) is 0 Å². The van der Waals surface area contributed by atoms with E-state index in [0.717, 1.165) is 24.0 Å². The van der Waals surface area contributed by atoms with Gasteiger partial charge in [-0.25, -0.2) is 0 Å². The first-order chi connectivity index (χ1) is 9.58. The summed E-state index contributed by atoms with van der Waals surface area (Å²) >= 11 is 6.01. The molecule has 2 heterocycles. The van der Waals surface area contributed by atoms with E-state index in [2.05, 4.69) is 5.32 Å². The number of rotatable bonds is 1. The Morgan fingerprint density at radius 2 is 2.24 bits per heavy atom. The van der Waals surface area contributed by atoms with Crippen LogP contribution in [0.4, 0.5) is 0 Å². The van der Waals surface area contributed by atoms with Gasteiger partial charge >= 0.3 is 0 Å². The van der Waals surface area contributed by atoms with Gasteiger partial charge in [-0.2, -0.15) is 0 Å². The summed E-state index contributed by atoms with van der Waals surface area (Å²) in [6, 6.07) is 5.60. The molecule has 6 heteroatoms. The number of piperazine rings is 1. The maximum absolute atomic E-state index is 12.7. The SMILES string of the molecule is Cc1c(C(=O)N2CCNC[C@H]2C)oc2ccc(Cl)cc12.Cl. The van der Waals surface area contributed by atoms with E-state index in [9.17, 15) is 4.79 Å². The molecule has 3 rings (SSSR count). The van der Waals surface area contributed by atoms with Crippen LogP contribution in [0.5, 0.6) is 0 Å². The third kappa shape index (κ3) is 2.89. The molecule has 1 aromatic carbocycles. The Labute approximate surface area is 134 Å². The molecule has 21 heavy (non-hydrogen) atoms. The molecular weight excluding hydrogens is 311 g/mol. The Bertz CT molecular complexity index is 669. The summed E-state index contributed by atoms with van der Waals surface area (Å²) in [5.41, 5.74) is 1.57. The quantitative estimate of drug-likeness (QED) is 0.874. The number of hydrogen-bond donors (Lipinski definition) is 1. The fourth-order valence-electron chi connectivity index (χ4n) is 2.67. The van der Waals surface area contributed by atoms with Crippen molar-refractivity contribution >= 4 is 40.9 Å². The van der Waals surface area contributed by atoms with E-state index in [1.54, 1.807) is 6.07 Å². The van der Waals surface area contributed by atoms with Crippen LogP contribution in [-0.2, 0) is 0 Å². The largest absolute Gasteiger partial charge is 0.451 e. The summed E-state index contributed by atoms with van der Waals surface area (Å²) in [4.78, 5) is 14.5. The van der Waals surface area contributed by atoms with Crippen molar-refractivity contribution in [3.63, 3.8) is 0 Å². The Kier molecular flexibility index (Phi) is 4.81. The average Bonchev–Trinajstić information content (AvgIpc) is 2.76. The second kappa shape index (κ2) is 6.26. The monoisotopic (exact) mass is 328 g/mol. The number of amides is 1. The molecule has 0 spiro atoms. The van der Waals surface area contributed by atoms with Crippen molar-refractivity contribution in [3.8, 4) is 0 Å². The molecule has 1 atom stereocenters. The van der Waals surface area contributed by atoms with Crippen LogP contribution in [0.25, 0.3) is 11.0 Å². The van der Waals surface area contributed by atoms with Gasteiger partial charge in [0.2, 0.25) is 0 Å². The van der Waals surface area contributed by atoms with E-state index >= 15 is 0 Å². The first-order valence-corrected chi connectivity index (χ1v) is 7.16. The van der Waals surface area contributed by atoms with Crippen LogP contribution in [0.1, 0.15) is 23.0 Å². The molecule has 1 fully saturated rings. The van der Waals surface area contributed by atoms with Crippen LogP contribution in [0.2, 0.25) is 5.02 Å². The van der Waals surface area contributed by atoms with Crippen molar-refractivity contribution < 1.29 is 9.21 Å². The van der Waals surface area contributed by atoms with Crippen LogP contribution in [0.3, 0.4) is 0 Å². The number of benzene rings is 1. The van der Waals surface area contributed by atoms with Gasteiger partial charge < -0.3 is 14.6 Å². The normalized spacial score (nSPS) is 18.6. The molecule has 1 amide bonds. The lowest BCUT2D eigenvalue weighted by atomic mass is 10.1. The highest BCUT2D eigenvalue weighted by molar-refractivity contribution is 6.31. The van der Waals surface area contributed by atoms with Gasteiger partial charge in [0.15, 0.2) is 5.76 Å². The molecule has 0 aliphatic carbocycles. The molecule has 1 aliphatic rings. The third-order valence-electron chi connectivity index (χ3n) is 3.85. The molecule has 2 aromatic rings. The molecule has 0 saturated carbocycles. The highest BCUT2D eigenvalue weighted by atomic mass is 35.5. The van der Waals surface area contributed by atoms with Crippen LogP contribution >= 0.6 is 24.0 Å². The van der Waals surface area contributed by atoms with Crippen LogP contribution in [0.15, 0.2) is 22.6 Å². The minimum Gasteiger partial charge on any atom is -0.451 e. The summed E-state index contributed by atoms with van der Waals surface area (Å²) in [6.07, 6.45) is 0. The number of fused-ring (bicyclic) bond motifs is 1. The van der Waals surface area contributed by atoms with Gasteiger partial charge in [-0.3, -0.25) is 4.79 Å². The number of carbonyl (C=O) groups is 1. The van der Waals surface area contributed by atoms with Crippen LogP contribution in [-0.4, -0.2) is 36.5 Å². The smallest absolute Gasteiger partial charge is 0.290 e. The minimum absolute atomic E-state index is 0. The third-order valence-corrected chi connectivity index (χ3v) is 4.09. The molecule has 1 aromatic heterocycles. The van der Waals surface area contributed by atoms with Gasteiger partial charge in [0, 0.05) is 41.6 Å². The van der Waals surface area contributed by atoms with Crippen molar-refractivity contribution in [2.24, 2.45) is 0 Å². The van der Waals surface area contributed by atoms with Gasteiger partial charge in [0.1, 0.15) is 5.58 Å². The second-order valence-electron chi connectivity index (χ2n) is 5.25. The topological polar surface area (TPSA) is 45.5 Å². The molecule has 0 unspecified atom stereocenters. The van der Waals surface area contributed by atoms with Crippen molar-refractivity contribution in [2.45, 2.75) is 19.9 Å². The lowest BCUT2D eigenvalue weighted by molar-refractivity contribution is 0.0624. The van der Waals surface area contributed by atoms with Crippen LogP contribution < -0.4 is 5.32 Å². The number of nitrogens with one attached hydrogen (secondary N) is 1. The number of furan rings is 1.